The maximum atomic E-state index is 14.5. The van der Waals surface area contributed by atoms with Crippen molar-refractivity contribution in [1.82, 2.24) is 24.3 Å². The second-order valence-corrected chi connectivity index (χ2v) is 13.1. The van der Waals surface area contributed by atoms with Gasteiger partial charge in [-0.15, -0.1) is 0 Å². The number of amides is 1. The smallest absolute Gasteiger partial charge is 0.280 e. The third-order valence-electron chi connectivity index (χ3n) is 9.69. The van der Waals surface area contributed by atoms with Gasteiger partial charge in [0.1, 0.15) is 17.2 Å². The average molecular weight is 621 g/mol. The summed E-state index contributed by atoms with van der Waals surface area (Å²) in [6.45, 7) is 7.66. The number of H-pyrrole nitrogens is 1. The first-order valence-corrected chi connectivity index (χ1v) is 17.0. The van der Waals surface area contributed by atoms with E-state index in [0.717, 1.165) is 67.7 Å². The summed E-state index contributed by atoms with van der Waals surface area (Å²) >= 11 is 0. The van der Waals surface area contributed by atoms with E-state index in [0.29, 0.717) is 41.8 Å². The van der Waals surface area contributed by atoms with Gasteiger partial charge in [0.25, 0.3) is 11.5 Å². The van der Waals surface area contributed by atoms with Crippen molar-refractivity contribution in [3.8, 4) is 23.0 Å². The molecule has 4 fully saturated rings. The summed E-state index contributed by atoms with van der Waals surface area (Å²) in [6, 6.07) is 12.5. The molecule has 0 unspecified atom stereocenters. The molecule has 5 heterocycles. The normalized spacial score (nSPS) is 18.5. The van der Waals surface area contributed by atoms with Gasteiger partial charge in [-0.25, -0.2) is 9.37 Å². The number of piperidine rings is 1. The van der Waals surface area contributed by atoms with Crippen LogP contribution in [0.3, 0.4) is 0 Å². The zero-order valence-electron chi connectivity index (χ0n) is 26.7. The highest BCUT2D eigenvalue weighted by atomic mass is 19.1. The minimum absolute atomic E-state index is 0.140. The first-order valence-electron chi connectivity index (χ1n) is 17.0. The van der Waals surface area contributed by atoms with E-state index < -0.39 is 5.82 Å². The van der Waals surface area contributed by atoms with Crippen molar-refractivity contribution in [1.29, 1.82) is 5.26 Å². The molecule has 2 aliphatic carbocycles. The molecule has 0 atom stereocenters. The van der Waals surface area contributed by atoms with Gasteiger partial charge in [0.2, 0.25) is 0 Å². The lowest BCUT2D eigenvalue weighted by molar-refractivity contribution is 0.0577. The maximum Gasteiger partial charge on any atom is 0.280 e. The molecule has 1 N–H and O–H groups in total. The molecule has 8 nitrogen and oxygen atoms in total. The van der Waals surface area contributed by atoms with Crippen LogP contribution in [-0.4, -0.2) is 56.4 Å². The summed E-state index contributed by atoms with van der Waals surface area (Å²) in [4.78, 5) is 40.1. The Hall–Kier alpha value is -4.29. The van der Waals surface area contributed by atoms with Gasteiger partial charge in [-0.2, -0.15) is 5.26 Å². The monoisotopic (exact) mass is 620 g/mol. The van der Waals surface area contributed by atoms with E-state index in [4.69, 9.17) is 4.98 Å². The molecule has 46 heavy (non-hydrogen) atoms. The molecule has 2 saturated carbocycles. The lowest BCUT2D eigenvalue weighted by atomic mass is 9.95. The van der Waals surface area contributed by atoms with Gasteiger partial charge in [-0.1, -0.05) is 26.3 Å². The van der Waals surface area contributed by atoms with Crippen LogP contribution in [0.25, 0.3) is 27.8 Å². The highest BCUT2D eigenvalue weighted by Gasteiger charge is 2.33. The van der Waals surface area contributed by atoms with Crippen molar-refractivity contribution in [2.24, 2.45) is 5.92 Å². The number of rotatable bonds is 7. The van der Waals surface area contributed by atoms with E-state index in [-0.39, 0.29) is 22.9 Å². The number of fused-ring (bicyclic) bond motifs is 1. The maximum absolute atomic E-state index is 14.5. The number of aromatic nitrogens is 3. The predicted molar refractivity (Wildman–Crippen MR) is 177 cm³/mol. The van der Waals surface area contributed by atoms with E-state index in [2.05, 4.69) is 22.0 Å². The van der Waals surface area contributed by atoms with E-state index in [1.165, 1.54) is 37.0 Å². The molecule has 9 heteroatoms. The van der Waals surface area contributed by atoms with E-state index in [9.17, 15) is 19.2 Å². The van der Waals surface area contributed by atoms with Crippen LogP contribution in [0, 0.1) is 23.1 Å². The SMILES string of the molecule is CC.N#CC1CN(C(=O)c2cc(F)ccc2-c2cc(C3CC3)nc(-n3cc(C4CC4)c4cc(CN5CCCCC5)[nH]c4c3=O)c2)C1. The number of hydrogen-bond donors (Lipinski definition) is 1. The van der Waals surface area contributed by atoms with Gasteiger partial charge in [-0.05, 0) is 105 Å². The van der Waals surface area contributed by atoms with Crippen LogP contribution in [0.1, 0.15) is 97.9 Å². The van der Waals surface area contributed by atoms with Crippen molar-refractivity contribution in [2.45, 2.75) is 77.2 Å². The Morgan fingerprint density at radius 2 is 1.76 bits per heavy atom. The average Bonchev–Trinajstić information content (AvgIpc) is 4.00. The summed E-state index contributed by atoms with van der Waals surface area (Å²) < 4.78 is 16.2. The molecular weight excluding hydrogens is 579 g/mol. The Bertz CT molecular complexity index is 1880. The minimum atomic E-state index is -0.492. The fourth-order valence-electron chi connectivity index (χ4n) is 6.87. The van der Waals surface area contributed by atoms with Gasteiger partial charge in [0, 0.05) is 48.5 Å². The van der Waals surface area contributed by atoms with Crippen molar-refractivity contribution < 1.29 is 9.18 Å². The fraction of sp³-hybridized carbons (Fsp3) is 0.459. The molecule has 0 radical (unpaired) electrons. The van der Waals surface area contributed by atoms with Crippen LogP contribution < -0.4 is 5.56 Å². The Kier molecular flexibility index (Phi) is 8.24. The fourth-order valence-corrected chi connectivity index (χ4v) is 6.87. The van der Waals surface area contributed by atoms with Crippen LogP contribution in [0.4, 0.5) is 4.39 Å². The quantitative estimate of drug-likeness (QED) is 0.243. The van der Waals surface area contributed by atoms with Crippen LogP contribution in [-0.2, 0) is 6.54 Å². The molecule has 0 bridgehead atoms. The van der Waals surface area contributed by atoms with Gasteiger partial charge < -0.3 is 9.88 Å². The molecule has 1 amide bonds. The molecule has 2 saturated heterocycles. The second kappa shape index (κ2) is 12.5. The van der Waals surface area contributed by atoms with Crippen molar-refractivity contribution >= 4 is 16.8 Å². The van der Waals surface area contributed by atoms with Gasteiger partial charge in [0.15, 0.2) is 0 Å². The molecule has 4 aromatic rings. The highest BCUT2D eigenvalue weighted by Crippen LogP contribution is 2.44. The molecular formula is C37H41FN6O2. The standard InChI is InChI=1S/C35H35FN6O2.C2H6/c36-25-8-9-27(29(14-25)34(43)41-17-21(16-37)18-41)24-12-31(23-6-7-23)39-32(13-24)42-20-30(22-4-5-22)28-15-26(38-33(28)35(42)44)19-40-10-2-1-3-11-40;1-2/h8-9,12-15,20-23,38H,1-7,10-11,17-19H2;1-2H3. The van der Waals surface area contributed by atoms with Crippen LogP contribution >= 0.6 is 0 Å². The van der Waals surface area contributed by atoms with Crippen LogP contribution in [0.2, 0.25) is 0 Å². The number of aromatic amines is 1. The van der Waals surface area contributed by atoms with Crippen LogP contribution in [0.5, 0.6) is 0 Å². The lowest BCUT2D eigenvalue weighted by Crippen LogP contribution is -2.49. The first kappa shape index (κ1) is 30.4. The van der Waals surface area contributed by atoms with E-state index in [1.54, 1.807) is 15.5 Å². The largest absolute Gasteiger partial charge is 0.353 e. The summed E-state index contributed by atoms with van der Waals surface area (Å²) in [5.74, 6) is 0.254. The Morgan fingerprint density at radius 1 is 1.02 bits per heavy atom. The van der Waals surface area contributed by atoms with E-state index >= 15 is 0 Å². The summed E-state index contributed by atoms with van der Waals surface area (Å²) in [5.41, 5.74) is 5.18. The number of nitrogens with one attached hydrogen (secondary N) is 1. The van der Waals surface area contributed by atoms with Crippen LogP contribution in [0.15, 0.2) is 47.4 Å². The number of carbonyl (C=O) groups excluding carboxylic acids is 1. The molecule has 8 rings (SSSR count). The van der Waals surface area contributed by atoms with Gasteiger partial charge in [-0.3, -0.25) is 19.1 Å². The number of nitrogens with zero attached hydrogens (tertiary/aromatic N) is 5. The third kappa shape index (κ3) is 5.87. The van der Waals surface area contributed by atoms with Crippen molar-refractivity contribution in [2.75, 3.05) is 26.2 Å². The molecule has 238 valence electrons. The summed E-state index contributed by atoms with van der Waals surface area (Å²) in [5, 5.41) is 10.2. The number of pyridine rings is 2. The zero-order valence-corrected chi connectivity index (χ0v) is 26.7. The minimum Gasteiger partial charge on any atom is -0.353 e. The number of likely N-dealkylation sites (tertiary alicyclic amines) is 2. The summed E-state index contributed by atoms with van der Waals surface area (Å²) in [7, 11) is 0. The number of benzene rings is 1. The lowest BCUT2D eigenvalue weighted by Gasteiger charge is -2.35. The third-order valence-corrected chi connectivity index (χ3v) is 9.69. The predicted octanol–water partition coefficient (Wildman–Crippen LogP) is 6.88. The van der Waals surface area contributed by atoms with Crippen molar-refractivity contribution in [3.63, 3.8) is 0 Å². The number of nitriles is 1. The topological polar surface area (TPSA) is 98.0 Å². The number of carbonyl (C=O) groups is 1. The van der Waals surface area contributed by atoms with Gasteiger partial charge in [0.05, 0.1) is 17.6 Å². The Morgan fingerprint density at radius 3 is 2.46 bits per heavy atom. The molecule has 3 aromatic heterocycles. The van der Waals surface area contributed by atoms with E-state index in [1.807, 2.05) is 32.2 Å². The summed E-state index contributed by atoms with van der Waals surface area (Å²) in [6.07, 6.45) is 9.93. The highest BCUT2D eigenvalue weighted by molar-refractivity contribution is 6.01. The molecule has 4 aliphatic rings. The van der Waals surface area contributed by atoms with Crippen molar-refractivity contribution in [3.05, 3.63) is 81.3 Å². The number of halogens is 1. The Balaban J connectivity index is 0.00000166. The van der Waals surface area contributed by atoms with Gasteiger partial charge >= 0.3 is 0 Å². The second-order valence-electron chi connectivity index (χ2n) is 13.1. The molecule has 0 spiro atoms. The zero-order chi connectivity index (χ0) is 31.9. The number of hydrogen-bond acceptors (Lipinski definition) is 5. The first-order chi connectivity index (χ1) is 22.4. The Labute approximate surface area is 268 Å². The molecule has 1 aromatic carbocycles. The molecule has 2 aliphatic heterocycles.